The van der Waals surface area contributed by atoms with Crippen molar-refractivity contribution >= 4 is 29.3 Å². The van der Waals surface area contributed by atoms with Gasteiger partial charge in [-0.05, 0) is 24.6 Å². The Bertz CT molecular complexity index is 371. The highest BCUT2D eigenvalue weighted by molar-refractivity contribution is 6.42. The van der Waals surface area contributed by atoms with Crippen molar-refractivity contribution in [3.63, 3.8) is 0 Å². The van der Waals surface area contributed by atoms with Gasteiger partial charge in [0.25, 0.3) is 0 Å². The molecule has 6 heteroatoms. The molecule has 1 aromatic carbocycles. The number of halogens is 2. The molecule has 1 amide bonds. The predicted octanol–water partition coefficient (Wildman–Crippen LogP) is 3.17. The van der Waals surface area contributed by atoms with Crippen LogP contribution in [0.5, 0.6) is 0 Å². The smallest absolute Gasteiger partial charge is 0.431 e. The van der Waals surface area contributed by atoms with E-state index in [0.29, 0.717) is 16.7 Å². The maximum Gasteiger partial charge on any atom is 0.431 e. The highest BCUT2D eigenvalue weighted by Gasteiger charge is 2.02. The van der Waals surface area contributed by atoms with E-state index in [2.05, 4.69) is 10.2 Å². The van der Waals surface area contributed by atoms with Gasteiger partial charge < -0.3 is 4.74 Å². The second-order valence-electron chi connectivity index (χ2n) is 2.86. The van der Waals surface area contributed by atoms with Gasteiger partial charge in [-0.1, -0.05) is 29.3 Å². The fourth-order valence-corrected chi connectivity index (χ4v) is 1.29. The van der Waals surface area contributed by atoms with Crippen LogP contribution in [0.3, 0.4) is 0 Å². The molecule has 4 nitrogen and oxygen atoms in total. The molecule has 88 valence electrons. The molecule has 1 N–H and O–H groups in total. The van der Waals surface area contributed by atoms with Crippen LogP contribution in [0.2, 0.25) is 10.0 Å². The Morgan fingerprint density at radius 1 is 1.38 bits per heavy atom. The van der Waals surface area contributed by atoms with Crippen molar-refractivity contribution in [1.82, 2.24) is 5.48 Å². The molecule has 0 bridgehead atoms. The van der Waals surface area contributed by atoms with E-state index in [4.69, 9.17) is 28.0 Å². The highest BCUT2D eigenvalue weighted by Crippen LogP contribution is 2.22. The zero-order valence-corrected chi connectivity index (χ0v) is 10.1. The standard InChI is InChI=1S/C10H11Cl2NO3/c1-2-15-10(14)13-16-6-7-3-4-8(11)9(12)5-7/h3-5H,2,6H2,1H3,(H,13,14). The summed E-state index contributed by atoms with van der Waals surface area (Å²) >= 11 is 11.5. The molecule has 0 heterocycles. The monoisotopic (exact) mass is 263 g/mol. The molecule has 16 heavy (non-hydrogen) atoms. The van der Waals surface area contributed by atoms with Gasteiger partial charge in [0.15, 0.2) is 0 Å². The fraction of sp³-hybridized carbons (Fsp3) is 0.300. The van der Waals surface area contributed by atoms with Crippen LogP contribution in [0.15, 0.2) is 18.2 Å². The molecule has 0 radical (unpaired) electrons. The Labute approximate surface area is 103 Å². The average Bonchev–Trinajstić information content (AvgIpc) is 2.24. The Kier molecular flexibility index (Phi) is 5.38. The van der Waals surface area contributed by atoms with Crippen molar-refractivity contribution in [2.75, 3.05) is 6.61 Å². The maximum absolute atomic E-state index is 10.8. The van der Waals surface area contributed by atoms with E-state index in [1.807, 2.05) is 0 Å². The van der Waals surface area contributed by atoms with Gasteiger partial charge in [0.1, 0.15) is 0 Å². The third-order valence-electron chi connectivity index (χ3n) is 1.65. The Morgan fingerprint density at radius 3 is 2.75 bits per heavy atom. The van der Waals surface area contributed by atoms with Crippen LogP contribution in [0, 0.1) is 0 Å². The summed E-state index contributed by atoms with van der Waals surface area (Å²) in [5, 5.41) is 0.919. The van der Waals surface area contributed by atoms with Crippen LogP contribution < -0.4 is 5.48 Å². The minimum absolute atomic E-state index is 0.190. The summed E-state index contributed by atoms with van der Waals surface area (Å²) in [6.07, 6.45) is -0.623. The summed E-state index contributed by atoms with van der Waals surface area (Å²) < 4.78 is 4.60. The van der Waals surface area contributed by atoms with Crippen molar-refractivity contribution in [2.45, 2.75) is 13.5 Å². The molecule has 0 saturated carbocycles. The summed E-state index contributed by atoms with van der Waals surface area (Å²) in [5.41, 5.74) is 2.93. The minimum Gasteiger partial charge on any atom is -0.448 e. The Morgan fingerprint density at radius 2 is 2.12 bits per heavy atom. The molecular formula is C10H11Cl2NO3. The van der Waals surface area contributed by atoms with Crippen molar-refractivity contribution < 1.29 is 14.4 Å². The molecule has 0 aliphatic rings. The minimum atomic E-state index is -0.623. The number of benzene rings is 1. The summed E-state index contributed by atoms with van der Waals surface area (Å²) in [6.45, 7) is 2.19. The predicted molar refractivity (Wildman–Crippen MR) is 61.4 cm³/mol. The van der Waals surface area contributed by atoms with E-state index in [1.54, 1.807) is 25.1 Å². The number of nitrogens with one attached hydrogen (secondary N) is 1. The molecule has 0 aromatic heterocycles. The summed E-state index contributed by atoms with van der Waals surface area (Å²) in [6, 6.07) is 5.07. The van der Waals surface area contributed by atoms with E-state index < -0.39 is 6.09 Å². The van der Waals surface area contributed by atoms with E-state index in [1.165, 1.54) is 0 Å². The zero-order chi connectivity index (χ0) is 12.0. The SMILES string of the molecule is CCOC(=O)NOCc1ccc(Cl)c(Cl)c1. The molecule has 0 unspecified atom stereocenters. The van der Waals surface area contributed by atoms with E-state index in [9.17, 15) is 4.79 Å². The third-order valence-corrected chi connectivity index (χ3v) is 2.39. The number of rotatable bonds is 4. The molecule has 1 rings (SSSR count). The first-order valence-electron chi connectivity index (χ1n) is 4.62. The van der Waals surface area contributed by atoms with E-state index >= 15 is 0 Å². The average molecular weight is 264 g/mol. The van der Waals surface area contributed by atoms with Gasteiger partial charge in [0.05, 0.1) is 23.3 Å². The van der Waals surface area contributed by atoms with Gasteiger partial charge in [-0.2, -0.15) is 5.48 Å². The maximum atomic E-state index is 10.8. The first-order valence-corrected chi connectivity index (χ1v) is 5.37. The zero-order valence-electron chi connectivity index (χ0n) is 8.63. The Balaban J connectivity index is 2.37. The number of hydrogen-bond donors (Lipinski definition) is 1. The van der Waals surface area contributed by atoms with Gasteiger partial charge in [-0.25, -0.2) is 4.79 Å². The molecule has 0 aliphatic carbocycles. The Hall–Kier alpha value is -0.970. The second-order valence-corrected chi connectivity index (χ2v) is 3.67. The number of carbonyl (C=O) groups excluding carboxylic acids is 1. The molecule has 0 aliphatic heterocycles. The molecule has 0 fully saturated rings. The molecule has 1 aromatic rings. The molecular weight excluding hydrogens is 253 g/mol. The van der Waals surface area contributed by atoms with Crippen molar-refractivity contribution in [2.24, 2.45) is 0 Å². The van der Waals surface area contributed by atoms with Gasteiger partial charge in [-0.3, -0.25) is 4.84 Å². The van der Waals surface area contributed by atoms with Crippen LogP contribution in [-0.4, -0.2) is 12.7 Å². The molecule has 0 atom stereocenters. The summed E-state index contributed by atoms with van der Waals surface area (Å²) in [4.78, 5) is 15.8. The van der Waals surface area contributed by atoms with Crippen LogP contribution in [0.4, 0.5) is 4.79 Å². The lowest BCUT2D eigenvalue weighted by Gasteiger charge is -2.06. The van der Waals surface area contributed by atoms with Crippen LogP contribution in [0.1, 0.15) is 12.5 Å². The number of carbonyl (C=O) groups is 1. The van der Waals surface area contributed by atoms with E-state index in [-0.39, 0.29) is 6.61 Å². The topological polar surface area (TPSA) is 47.6 Å². The lowest BCUT2D eigenvalue weighted by atomic mass is 10.2. The third kappa shape index (κ3) is 4.26. The van der Waals surface area contributed by atoms with Gasteiger partial charge in [0.2, 0.25) is 0 Å². The summed E-state index contributed by atoms with van der Waals surface area (Å²) in [7, 11) is 0. The van der Waals surface area contributed by atoms with Crippen LogP contribution in [-0.2, 0) is 16.2 Å². The van der Waals surface area contributed by atoms with Gasteiger partial charge in [-0.15, -0.1) is 0 Å². The first-order chi connectivity index (χ1) is 7.63. The molecule has 0 spiro atoms. The highest BCUT2D eigenvalue weighted by atomic mass is 35.5. The lowest BCUT2D eigenvalue weighted by molar-refractivity contribution is 0.0199. The van der Waals surface area contributed by atoms with Gasteiger partial charge >= 0.3 is 6.09 Å². The normalized spacial score (nSPS) is 9.94. The summed E-state index contributed by atoms with van der Waals surface area (Å²) in [5.74, 6) is 0. The van der Waals surface area contributed by atoms with Crippen molar-refractivity contribution in [1.29, 1.82) is 0 Å². The largest absolute Gasteiger partial charge is 0.448 e. The van der Waals surface area contributed by atoms with E-state index in [0.717, 1.165) is 5.56 Å². The van der Waals surface area contributed by atoms with Gasteiger partial charge in [0, 0.05) is 0 Å². The van der Waals surface area contributed by atoms with Crippen molar-refractivity contribution in [3.05, 3.63) is 33.8 Å². The number of hydroxylamine groups is 1. The number of hydrogen-bond acceptors (Lipinski definition) is 3. The fourth-order valence-electron chi connectivity index (χ4n) is 0.968. The number of amides is 1. The first kappa shape index (κ1) is 13.1. The second kappa shape index (κ2) is 6.58. The van der Waals surface area contributed by atoms with Crippen molar-refractivity contribution in [3.8, 4) is 0 Å². The number of ether oxygens (including phenoxy) is 1. The van der Waals surface area contributed by atoms with Crippen LogP contribution >= 0.6 is 23.2 Å². The van der Waals surface area contributed by atoms with Crippen LogP contribution in [0.25, 0.3) is 0 Å². The lowest BCUT2D eigenvalue weighted by Crippen LogP contribution is -2.24. The quantitative estimate of drug-likeness (QED) is 0.849. The molecule has 0 saturated heterocycles.